The molecule has 0 saturated heterocycles. The van der Waals surface area contributed by atoms with Gasteiger partial charge in [0.2, 0.25) is 0 Å². The van der Waals surface area contributed by atoms with Crippen LogP contribution in [0.25, 0.3) is 0 Å². The normalized spacial score (nSPS) is 10.2. The van der Waals surface area contributed by atoms with Crippen LogP contribution in [0, 0.1) is 0 Å². The van der Waals surface area contributed by atoms with Crippen molar-refractivity contribution in [1.29, 1.82) is 0 Å². The first-order chi connectivity index (χ1) is 9.70. The van der Waals surface area contributed by atoms with E-state index in [1.165, 1.54) is 5.56 Å². The molecule has 20 heavy (non-hydrogen) atoms. The number of nitrogen functional groups attached to an aromatic ring is 1. The maximum absolute atomic E-state index is 11.6. The van der Waals surface area contributed by atoms with Gasteiger partial charge in [-0.15, -0.1) is 11.8 Å². The zero-order valence-corrected chi connectivity index (χ0v) is 12.2. The number of rotatable bonds is 5. The minimum Gasteiger partial charge on any atom is -0.462 e. The SMILES string of the molecule is CCOC(=O)c1ccc(SCc2ccccc2)c(N)c1. The molecule has 0 radical (unpaired) electrons. The number of thioether (sulfide) groups is 1. The van der Waals surface area contributed by atoms with E-state index in [4.69, 9.17) is 10.5 Å². The highest BCUT2D eigenvalue weighted by Gasteiger charge is 2.09. The summed E-state index contributed by atoms with van der Waals surface area (Å²) < 4.78 is 4.95. The van der Waals surface area contributed by atoms with E-state index in [1.807, 2.05) is 24.3 Å². The molecule has 0 atom stereocenters. The first kappa shape index (κ1) is 14.5. The summed E-state index contributed by atoms with van der Waals surface area (Å²) in [5.41, 5.74) is 8.33. The number of ether oxygens (including phenoxy) is 1. The molecule has 2 aromatic carbocycles. The molecule has 4 heteroatoms. The second-order valence-electron chi connectivity index (χ2n) is 4.25. The van der Waals surface area contributed by atoms with Crippen molar-refractivity contribution < 1.29 is 9.53 Å². The van der Waals surface area contributed by atoms with Crippen LogP contribution in [-0.2, 0) is 10.5 Å². The molecule has 0 aliphatic carbocycles. The molecule has 104 valence electrons. The van der Waals surface area contributed by atoms with E-state index in [0.717, 1.165) is 10.6 Å². The minimum absolute atomic E-state index is 0.334. The van der Waals surface area contributed by atoms with Gasteiger partial charge in [0.25, 0.3) is 0 Å². The minimum atomic E-state index is -0.334. The van der Waals surface area contributed by atoms with E-state index < -0.39 is 0 Å². The highest BCUT2D eigenvalue weighted by atomic mass is 32.2. The molecule has 0 spiro atoms. The number of esters is 1. The summed E-state index contributed by atoms with van der Waals surface area (Å²) in [5, 5.41) is 0. The molecular formula is C16H17NO2S. The summed E-state index contributed by atoms with van der Waals surface area (Å²) in [4.78, 5) is 12.6. The van der Waals surface area contributed by atoms with E-state index in [2.05, 4.69) is 12.1 Å². The lowest BCUT2D eigenvalue weighted by atomic mass is 10.2. The lowest BCUT2D eigenvalue weighted by molar-refractivity contribution is 0.0526. The Hall–Kier alpha value is -1.94. The van der Waals surface area contributed by atoms with Gasteiger partial charge in [-0.25, -0.2) is 4.79 Å². The van der Waals surface area contributed by atoms with E-state index >= 15 is 0 Å². The summed E-state index contributed by atoms with van der Waals surface area (Å²) in [6, 6.07) is 15.5. The second kappa shape index (κ2) is 7.01. The molecule has 2 aromatic rings. The lowest BCUT2D eigenvalue weighted by Gasteiger charge is -2.08. The first-order valence-corrected chi connectivity index (χ1v) is 7.42. The third kappa shape index (κ3) is 3.78. The number of carbonyl (C=O) groups excluding carboxylic acids is 1. The van der Waals surface area contributed by atoms with Crippen molar-refractivity contribution >= 4 is 23.4 Å². The van der Waals surface area contributed by atoms with Gasteiger partial charge in [-0.3, -0.25) is 0 Å². The van der Waals surface area contributed by atoms with Crippen molar-refractivity contribution in [2.24, 2.45) is 0 Å². The Morgan fingerprint density at radius 2 is 1.95 bits per heavy atom. The second-order valence-corrected chi connectivity index (χ2v) is 5.26. The molecule has 0 heterocycles. The van der Waals surface area contributed by atoms with Crippen LogP contribution in [-0.4, -0.2) is 12.6 Å². The van der Waals surface area contributed by atoms with Gasteiger partial charge in [0, 0.05) is 16.3 Å². The van der Waals surface area contributed by atoms with E-state index in [-0.39, 0.29) is 5.97 Å². The van der Waals surface area contributed by atoms with Crippen molar-refractivity contribution in [2.75, 3.05) is 12.3 Å². The van der Waals surface area contributed by atoms with Crippen LogP contribution in [0.5, 0.6) is 0 Å². The predicted octanol–water partition coefficient (Wildman–Crippen LogP) is 3.74. The molecule has 0 unspecified atom stereocenters. The van der Waals surface area contributed by atoms with Crippen molar-refractivity contribution in [2.45, 2.75) is 17.6 Å². The van der Waals surface area contributed by atoms with Gasteiger partial charge in [-0.05, 0) is 30.7 Å². The maximum atomic E-state index is 11.6. The van der Waals surface area contributed by atoms with E-state index in [9.17, 15) is 4.79 Å². The topological polar surface area (TPSA) is 52.3 Å². The molecule has 0 saturated carbocycles. The predicted molar refractivity (Wildman–Crippen MR) is 82.8 cm³/mol. The highest BCUT2D eigenvalue weighted by Crippen LogP contribution is 2.29. The fraction of sp³-hybridized carbons (Fsp3) is 0.188. The Bertz CT molecular complexity index is 584. The molecule has 2 rings (SSSR count). The molecular weight excluding hydrogens is 270 g/mol. The van der Waals surface area contributed by atoms with Gasteiger partial charge in [0.1, 0.15) is 0 Å². The summed E-state index contributed by atoms with van der Waals surface area (Å²) in [7, 11) is 0. The Labute approximate surface area is 123 Å². The van der Waals surface area contributed by atoms with Crippen molar-refractivity contribution in [3.05, 3.63) is 59.7 Å². The summed E-state index contributed by atoms with van der Waals surface area (Å²) in [6.07, 6.45) is 0. The van der Waals surface area contributed by atoms with Crippen LogP contribution >= 0.6 is 11.8 Å². The Kier molecular flexibility index (Phi) is 5.07. The van der Waals surface area contributed by atoms with Crippen LogP contribution in [0.2, 0.25) is 0 Å². The number of anilines is 1. The van der Waals surface area contributed by atoms with Crippen LogP contribution in [0.1, 0.15) is 22.8 Å². The summed E-state index contributed by atoms with van der Waals surface area (Å²) in [6.45, 7) is 2.15. The summed E-state index contributed by atoms with van der Waals surface area (Å²) >= 11 is 1.66. The Morgan fingerprint density at radius 3 is 2.60 bits per heavy atom. The largest absolute Gasteiger partial charge is 0.462 e. The van der Waals surface area contributed by atoms with Gasteiger partial charge in [0.15, 0.2) is 0 Å². The van der Waals surface area contributed by atoms with Crippen molar-refractivity contribution in [1.82, 2.24) is 0 Å². The fourth-order valence-corrected chi connectivity index (χ4v) is 2.66. The average molecular weight is 287 g/mol. The number of benzene rings is 2. The number of nitrogens with two attached hydrogens (primary N) is 1. The standard InChI is InChI=1S/C16H17NO2S/c1-2-19-16(18)13-8-9-15(14(17)10-13)20-11-12-6-4-3-5-7-12/h3-10H,2,11,17H2,1H3. The Balaban J connectivity index is 2.04. The van der Waals surface area contributed by atoms with Crippen LogP contribution in [0.15, 0.2) is 53.4 Å². The number of hydrogen-bond donors (Lipinski definition) is 1. The molecule has 2 N–H and O–H groups in total. The smallest absolute Gasteiger partial charge is 0.338 e. The van der Waals surface area contributed by atoms with Gasteiger partial charge in [-0.1, -0.05) is 30.3 Å². The van der Waals surface area contributed by atoms with Crippen LogP contribution in [0.3, 0.4) is 0 Å². The number of carbonyl (C=O) groups is 1. The van der Waals surface area contributed by atoms with Crippen LogP contribution < -0.4 is 5.73 Å². The molecule has 0 bridgehead atoms. The number of hydrogen-bond acceptors (Lipinski definition) is 4. The third-order valence-electron chi connectivity index (χ3n) is 2.76. The first-order valence-electron chi connectivity index (χ1n) is 6.44. The zero-order valence-electron chi connectivity index (χ0n) is 11.3. The van der Waals surface area contributed by atoms with E-state index in [1.54, 1.807) is 30.8 Å². The van der Waals surface area contributed by atoms with E-state index in [0.29, 0.717) is 17.9 Å². The molecule has 0 aliphatic rings. The monoisotopic (exact) mass is 287 g/mol. The lowest BCUT2D eigenvalue weighted by Crippen LogP contribution is -2.05. The van der Waals surface area contributed by atoms with Gasteiger partial charge < -0.3 is 10.5 Å². The molecule has 3 nitrogen and oxygen atoms in total. The maximum Gasteiger partial charge on any atom is 0.338 e. The molecule has 0 aromatic heterocycles. The average Bonchev–Trinajstić information content (AvgIpc) is 2.47. The third-order valence-corrected chi connectivity index (χ3v) is 3.92. The van der Waals surface area contributed by atoms with Gasteiger partial charge in [0.05, 0.1) is 12.2 Å². The molecule has 0 fully saturated rings. The Morgan fingerprint density at radius 1 is 1.20 bits per heavy atom. The molecule has 0 amide bonds. The quantitative estimate of drug-likeness (QED) is 0.517. The van der Waals surface area contributed by atoms with Crippen LogP contribution in [0.4, 0.5) is 5.69 Å². The highest BCUT2D eigenvalue weighted by molar-refractivity contribution is 7.98. The summed E-state index contributed by atoms with van der Waals surface area (Å²) in [5.74, 6) is 0.517. The van der Waals surface area contributed by atoms with Crippen molar-refractivity contribution in [3.8, 4) is 0 Å². The van der Waals surface area contributed by atoms with Crippen molar-refractivity contribution in [3.63, 3.8) is 0 Å². The van der Waals surface area contributed by atoms with Gasteiger partial charge >= 0.3 is 5.97 Å². The zero-order chi connectivity index (χ0) is 14.4. The fourth-order valence-electron chi connectivity index (χ4n) is 1.76. The molecule has 0 aliphatic heterocycles. The van der Waals surface area contributed by atoms with Gasteiger partial charge in [-0.2, -0.15) is 0 Å².